The second-order valence-corrected chi connectivity index (χ2v) is 7.10. The smallest absolute Gasteiger partial charge is 0.266 e. The molecule has 0 radical (unpaired) electrons. The maximum atomic E-state index is 11.5. The van der Waals surface area contributed by atoms with Crippen LogP contribution >= 0.6 is 0 Å². The Morgan fingerprint density at radius 1 is 1.17 bits per heavy atom. The third kappa shape index (κ3) is 4.01. The molecule has 30 heavy (non-hydrogen) atoms. The van der Waals surface area contributed by atoms with Crippen LogP contribution < -0.4 is 9.64 Å². The summed E-state index contributed by atoms with van der Waals surface area (Å²) in [5, 5.41) is 9.48. The minimum atomic E-state index is 0.0458. The van der Waals surface area contributed by atoms with Crippen LogP contribution in [-0.2, 0) is 11.4 Å². The van der Waals surface area contributed by atoms with Crippen molar-refractivity contribution in [3.8, 4) is 23.5 Å². The van der Waals surface area contributed by atoms with Gasteiger partial charge in [-0.05, 0) is 30.7 Å². The van der Waals surface area contributed by atoms with E-state index in [1.807, 2.05) is 36.1 Å². The number of aromatic nitrogens is 1. The molecule has 1 saturated heterocycles. The Kier molecular flexibility index (Phi) is 5.44. The van der Waals surface area contributed by atoms with E-state index in [1.165, 1.54) is 0 Å². The van der Waals surface area contributed by atoms with Gasteiger partial charge in [-0.2, -0.15) is 10.2 Å². The number of oxazole rings is 1. The molecule has 1 fully saturated rings. The lowest BCUT2D eigenvalue weighted by Gasteiger charge is -2.33. The molecule has 154 valence electrons. The lowest BCUT2D eigenvalue weighted by Crippen LogP contribution is -2.48. The number of nitriles is 1. The molecule has 0 unspecified atom stereocenters. The van der Waals surface area contributed by atoms with Gasteiger partial charge >= 0.3 is 0 Å². The van der Waals surface area contributed by atoms with Gasteiger partial charge in [0, 0.05) is 33.1 Å². The Bertz CT molecular complexity index is 1090. The fourth-order valence-electron chi connectivity index (χ4n) is 3.37. The van der Waals surface area contributed by atoms with E-state index in [9.17, 15) is 10.1 Å². The first-order chi connectivity index (χ1) is 14.5. The number of ether oxygens (including phenoxy) is 1. The van der Waals surface area contributed by atoms with Crippen molar-refractivity contribution in [2.75, 3.05) is 31.1 Å². The lowest BCUT2D eigenvalue weighted by atomic mass is 10.2. The van der Waals surface area contributed by atoms with Crippen LogP contribution in [-0.4, -0.2) is 42.0 Å². The fraction of sp³-hybridized carbons (Fsp3) is 0.318. The number of aryl methyl sites for hydroxylation is 1. The number of furan rings is 1. The van der Waals surface area contributed by atoms with E-state index in [2.05, 4.69) is 11.1 Å². The Hall–Kier alpha value is -3.73. The number of carbonyl (C=O) groups is 1. The van der Waals surface area contributed by atoms with Crippen LogP contribution in [0.5, 0.6) is 5.75 Å². The average Bonchev–Trinajstić information content (AvgIpc) is 3.40. The summed E-state index contributed by atoms with van der Waals surface area (Å²) in [5.41, 5.74) is 1.25. The first-order valence-corrected chi connectivity index (χ1v) is 9.74. The number of carbonyl (C=O) groups excluding carboxylic acids is 1. The van der Waals surface area contributed by atoms with Crippen molar-refractivity contribution in [2.24, 2.45) is 0 Å². The van der Waals surface area contributed by atoms with Crippen molar-refractivity contribution < 1.29 is 18.4 Å². The molecule has 0 atom stereocenters. The van der Waals surface area contributed by atoms with Gasteiger partial charge in [0.2, 0.25) is 17.5 Å². The molecule has 0 aliphatic carbocycles. The number of piperazine rings is 1. The van der Waals surface area contributed by atoms with E-state index in [1.54, 1.807) is 24.0 Å². The number of hydrogen-bond donors (Lipinski definition) is 0. The predicted octanol–water partition coefficient (Wildman–Crippen LogP) is 3.36. The van der Waals surface area contributed by atoms with Gasteiger partial charge in [0.25, 0.3) is 5.89 Å². The summed E-state index contributed by atoms with van der Waals surface area (Å²) < 4.78 is 17.5. The monoisotopic (exact) mass is 406 g/mol. The van der Waals surface area contributed by atoms with Crippen molar-refractivity contribution in [1.29, 1.82) is 5.26 Å². The van der Waals surface area contributed by atoms with Gasteiger partial charge in [0.1, 0.15) is 24.2 Å². The predicted molar refractivity (Wildman–Crippen MR) is 109 cm³/mol. The molecule has 0 spiro atoms. The molecule has 1 aromatic carbocycles. The van der Waals surface area contributed by atoms with E-state index >= 15 is 0 Å². The Morgan fingerprint density at radius 2 is 1.93 bits per heavy atom. The first kappa shape index (κ1) is 19.6. The SMILES string of the molecule is CC(=O)N1CCN(c2oc(-c3ccc(COc4ccccc4C)o3)nc2C#N)CC1. The van der Waals surface area contributed by atoms with Crippen molar-refractivity contribution in [3.63, 3.8) is 0 Å². The Balaban J connectivity index is 1.47. The van der Waals surface area contributed by atoms with Gasteiger partial charge < -0.3 is 23.4 Å². The summed E-state index contributed by atoms with van der Waals surface area (Å²) in [5.74, 6) is 2.56. The molecule has 1 aliphatic rings. The standard InChI is InChI=1S/C22H22N4O4/c1-15-5-3-4-6-19(15)28-14-17-7-8-20(29-17)21-24-18(13-23)22(30-21)26-11-9-25(10-12-26)16(2)27/h3-8H,9-12,14H2,1-2H3. The van der Waals surface area contributed by atoms with Gasteiger partial charge in [0.15, 0.2) is 5.76 Å². The number of nitrogens with zero attached hydrogens (tertiary/aromatic N) is 4. The summed E-state index contributed by atoms with van der Waals surface area (Å²) in [6.07, 6.45) is 0. The zero-order valence-electron chi connectivity index (χ0n) is 16.9. The molecule has 1 aliphatic heterocycles. The third-order valence-electron chi connectivity index (χ3n) is 5.06. The van der Waals surface area contributed by atoms with E-state index in [0.29, 0.717) is 43.6 Å². The molecule has 0 saturated carbocycles. The van der Waals surface area contributed by atoms with E-state index < -0.39 is 0 Å². The van der Waals surface area contributed by atoms with Crippen LogP contribution in [0.3, 0.4) is 0 Å². The van der Waals surface area contributed by atoms with Gasteiger partial charge in [-0.1, -0.05) is 18.2 Å². The second-order valence-electron chi connectivity index (χ2n) is 7.10. The van der Waals surface area contributed by atoms with Gasteiger partial charge in [0.05, 0.1) is 0 Å². The highest BCUT2D eigenvalue weighted by molar-refractivity contribution is 5.73. The van der Waals surface area contributed by atoms with Crippen molar-refractivity contribution in [1.82, 2.24) is 9.88 Å². The van der Waals surface area contributed by atoms with Crippen LogP contribution in [0.25, 0.3) is 11.7 Å². The van der Waals surface area contributed by atoms with Crippen molar-refractivity contribution in [3.05, 3.63) is 53.4 Å². The number of rotatable bonds is 5. The molecule has 0 bridgehead atoms. The van der Waals surface area contributed by atoms with Gasteiger partial charge in [-0.15, -0.1) is 0 Å². The molecule has 1 amide bonds. The highest BCUT2D eigenvalue weighted by atomic mass is 16.5. The molecule has 2 aromatic heterocycles. The van der Waals surface area contributed by atoms with Crippen molar-refractivity contribution in [2.45, 2.75) is 20.5 Å². The number of amides is 1. The van der Waals surface area contributed by atoms with Crippen LogP contribution in [0.2, 0.25) is 0 Å². The van der Waals surface area contributed by atoms with Gasteiger partial charge in [-0.25, -0.2) is 0 Å². The molecule has 8 nitrogen and oxygen atoms in total. The second kappa shape index (κ2) is 8.33. The number of para-hydroxylation sites is 1. The highest BCUT2D eigenvalue weighted by Gasteiger charge is 2.26. The average molecular weight is 406 g/mol. The highest BCUT2D eigenvalue weighted by Crippen LogP contribution is 2.30. The largest absolute Gasteiger partial charge is 0.485 e. The van der Waals surface area contributed by atoms with Crippen molar-refractivity contribution >= 4 is 11.8 Å². The summed E-state index contributed by atoms with van der Waals surface area (Å²) in [6.45, 7) is 6.13. The molecule has 4 rings (SSSR count). The minimum Gasteiger partial charge on any atom is -0.485 e. The molecular formula is C22H22N4O4. The Morgan fingerprint density at radius 3 is 2.63 bits per heavy atom. The summed E-state index contributed by atoms with van der Waals surface area (Å²) >= 11 is 0. The van der Waals surface area contributed by atoms with Crippen LogP contribution in [0.4, 0.5) is 5.88 Å². The maximum Gasteiger partial charge on any atom is 0.266 e. The number of hydrogen-bond acceptors (Lipinski definition) is 7. The van der Waals surface area contributed by atoms with E-state index in [-0.39, 0.29) is 24.1 Å². The summed E-state index contributed by atoms with van der Waals surface area (Å²) in [7, 11) is 0. The fourth-order valence-corrected chi connectivity index (χ4v) is 3.37. The van der Waals surface area contributed by atoms with E-state index in [4.69, 9.17) is 13.6 Å². The normalized spacial score (nSPS) is 13.9. The zero-order chi connectivity index (χ0) is 21.1. The minimum absolute atomic E-state index is 0.0458. The molecule has 3 aromatic rings. The number of benzene rings is 1. The Labute approximate surface area is 174 Å². The first-order valence-electron chi connectivity index (χ1n) is 9.74. The van der Waals surface area contributed by atoms with Crippen LogP contribution in [0.1, 0.15) is 23.9 Å². The maximum absolute atomic E-state index is 11.5. The molecule has 3 heterocycles. The van der Waals surface area contributed by atoms with E-state index in [0.717, 1.165) is 11.3 Å². The molecular weight excluding hydrogens is 384 g/mol. The summed E-state index contributed by atoms with van der Waals surface area (Å²) in [6, 6.07) is 13.4. The molecule has 8 heteroatoms. The molecule has 0 N–H and O–H groups in total. The number of anilines is 1. The third-order valence-corrected chi connectivity index (χ3v) is 5.06. The topological polar surface area (TPSA) is 95.7 Å². The van der Waals surface area contributed by atoms with Gasteiger partial charge in [-0.3, -0.25) is 4.79 Å². The van der Waals surface area contributed by atoms with Crippen LogP contribution in [0, 0.1) is 18.3 Å². The lowest BCUT2D eigenvalue weighted by molar-refractivity contribution is -0.129. The zero-order valence-corrected chi connectivity index (χ0v) is 16.9. The quantitative estimate of drug-likeness (QED) is 0.641. The summed E-state index contributed by atoms with van der Waals surface area (Å²) in [4.78, 5) is 19.5. The van der Waals surface area contributed by atoms with Crippen LogP contribution in [0.15, 0.2) is 45.2 Å².